The molecule has 0 fully saturated rings. The van der Waals surface area contributed by atoms with E-state index in [1.807, 2.05) is 0 Å². The first-order valence-electron chi connectivity index (χ1n) is 10.2. The second-order valence-corrected chi connectivity index (χ2v) is 6.84. The van der Waals surface area contributed by atoms with E-state index < -0.39 is 0 Å². The van der Waals surface area contributed by atoms with Gasteiger partial charge in [0.15, 0.2) is 0 Å². The predicted molar refractivity (Wildman–Crippen MR) is 97.4 cm³/mol. The molecule has 0 rings (SSSR count). The number of hydrogen-bond donors (Lipinski definition) is 1. The third-order valence-corrected chi connectivity index (χ3v) is 4.59. The molecule has 0 aliphatic carbocycles. The molecule has 0 heterocycles. The molecule has 22 heavy (non-hydrogen) atoms. The molecular weight excluding hydrogens is 272 g/mol. The Labute approximate surface area is 140 Å². The van der Waals surface area contributed by atoms with E-state index in [4.69, 9.17) is 5.26 Å². The second-order valence-electron chi connectivity index (χ2n) is 6.84. The molecule has 0 atom stereocenters. The van der Waals surface area contributed by atoms with E-state index in [0.717, 1.165) is 6.42 Å². The van der Waals surface area contributed by atoms with Crippen LogP contribution in [0, 0.1) is 0 Å². The standard InChI is InChI=1S/C20H42O2/c1-2-3-4-5-6-7-8-9-10-11-12-13-14-15-16-17-18-19-20-22-21/h21H,2-20H2,1H3. The molecule has 0 bridgehead atoms. The van der Waals surface area contributed by atoms with Gasteiger partial charge in [-0.1, -0.05) is 116 Å². The molecule has 0 aliphatic heterocycles. The quantitative estimate of drug-likeness (QED) is 0.152. The molecule has 0 aliphatic rings. The minimum atomic E-state index is 0.499. The third kappa shape index (κ3) is 19.9. The fourth-order valence-electron chi connectivity index (χ4n) is 3.07. The first-order valence-corrected chi connectivity index (χ1v) is 10.2. The van der Waals surface area contributed by atoms with Crippen molar-refractivity contribution in [3.05, 3.63) is 0 Å². The van der Waals surface area contributed by atoms with Crippen molar-refractivity contribution < 1.29 is 10.1 Å². The Morgan fingerprint density at radius 2 is 0.727 bits per heavy atom. The summed E-state index contributed by atoms with van der Waals surface area (Å²) in [5.41, 5.74) is 0. The number of rotatable bonds is 19. The van der Waals surface area contributed by atoms with Crippen molar-refractivity contribution >= 4 is 0 Å². The fourth-order valence-corrected chi connectivity index (χ4v) is 3.07. The lowest BCUT2D eigenvalue weighted by Crippen LogP contribution is -1.88. The van der Waals surface area contributed by atoms with Crippen molar-refractivity contribution in [2.24, 2.45) is 0 Å². The summed E-state index contributed by atoms with van der Waals surface area (Å²) in [4.78, 5) is 4.07. The minimum Gasteiger partial charge on any atom is -0.252 e. The van der Waals surface area contributed by atoms with Crippen LogP contribution >= 0.6 is 0 Å². The van der Waals surface area contributed by atoms with Gasteiger partial charge in [-0.2, -0.15) is 0 Å². The summed E-state index contributed by atoms with van der Waals surface area (Å²) in [6, 6.07) is 0. The van der Waals surface area contributed by atoms with Crippen LogP contribution in [0.25, 0.3) is 0 Å². The molecule has 0 aromatic rings. The van der Waals surface area contributed by atoms with Crippen molar-refractivity contribution in [2.75, 3.05) is 6.61 Å². The monoisotopic (exact) mass is 314 g/mol. The van der Waals surface area contributed by atoms with Gasteiger partial charge >= 0.3 is 0 Å². The van der Waals surface area contributed by atoms with Crippen molar-refractivity contribution in [1.82, 2.24) is 0 Å². The van der Waals surface area contributed by atoms with Gasteiger partial charge in [0, 0.05) is 0 Å². The topological polar surface area (TPSA) is 29.5 Å². The molecule has 134 valence electrons. The average Bonchev–Trinajstić information content (AvgIpc) is 2.54. The smallest absolute Gasteiger partial charge is 0.0819 e. The van der Waals surface area contributed by atoms with Gasteiger partial charge in [-0.3, -0.25) is 5.26 Å². The van der Waals surface area contributed by atoms with Crippen LogP contribution in [0.4, 0.5) is 0 Å². The molecule has 0 aromatic heterocycles. The molecule has 2 heteroatoms. The highest BCUT2D eigenvalue weighted by molar-refractivity contribution is 4.50. The average molecular weight is 315 g/mol. The van der Waals surface area contributed by atoms with Crippen LogP contribution in [0.15, 0.2) is 0 Å². The van der Waals surface area contributed by atoms with Crippen molar-refractivity contribution in [3.63, 3.8) is 0 Å². The van der Waals surface area contributed by atoms with Gasteiger partial charge in [-0.15, -0.1) is 0 Å². The Hall–Kier alpha value is -0.0800. The maximum Gasteiger partial charge on any atom is 0.0819 e. The van der Waals surface area contributed by atoms with E-state index in [1.54, 1.807) is 0 Å². The summed E-state index contributed by atoms with van der Waals surface area (Å²) in [6.07, 6.45) is 24.9. The van der Waals surface area contributed by atoms with Crippen molar-refractivity contribution in [2.45, 2.75) is 122 Å². The van der Waals surface area contributed by atoms with Crippen molar-refractivity contribution in [3.8, 4) is 0 Å². The number of unbranched alkanes of at least 4 members (excludes halogenated alkanes) is 17. The van der Waals surface area contributed by atoms with Crippen LogP contribution in [-0.2, 0) is 4.89 Å². The van der Waals surface area contributed by atoms with Crippen LogP contribution in [0.1, 0.15) is 122 Å². The van der Waals surface area contributed by atoms with E-state index in [2.05, 4.69) is 11.8 Å². The Balaban J connectivity index is 2.91. The first-order chi connectivity index (χ1) is 10.9. The molecule has 0 unspecified atom stereocenters. The van der Waals surface area contributed by atoms with Gasteiger partial charge in [-0.25, -0.2) is 4.89 Å². The van der Waals surface area contributed by atoms with Crippen LogP contribution in [0.3, 0.4) is 0 Å². The highest BCUT2D eigenvalue weighted by Gasteiger charge is 1.95. The van der Waals surface area contributed by atoms with E-state index in [-0.39, 0.29) is 0 Å². The molecule has 2 nitrogen and oxygen atoms in total. The zero-order valence-corrected chi connectivity index (χ0v) is 15.3. The van der Waals surface area contributed by atoms with Crippen molar-refractivity contribution in [1.29, 1.82) is 0 Å². The molecule has 0 spiro atoms. The lowest BCUT2D eigenvalue weighted by molar-refractivity contribution is -0.242. The van der Waals surface area contributed by atoms with Crippen LogP contribution in [0.2, 0.25) is 0 Å². The molecule has 1 N–H and O–H groups in total. The minimum absolute atomic E-state index is 0.499. The van der Waals surface area contributed by atoms with Gasteiger partial charge in [-0.05, 0) is 6.42 Å². The SMILES string of the molecule is CCCCCCCCCCCCCCCCCCCCOO. The largest absolute Gasteiger partial charge is 0.252 e. The maximum atomic E-state index is 8.20. The highest BCUT2D eigenvalue weighted by atomic mass is 17.1. The Bertz CT molecular complexity index is 163. The number of hydrogen-bond acceptors (Lipinski definition) is 2. The second kappa shape index (κ2) is 20.9. The van der Waals surface area contributed by atoms with Gasteiger partial charge in [0.2, 0.25) is 0 Å². The predicted octanol–water partition coefficient (Wildman–Crippen LogP) is 7.52. The van der Waals surface area contributed by atoms with Gasteiger partial charge in [0.05, 0.1) is 6.61 Å². The summed E-state index contributed by atoms with van der Waals surface area (Å²) < 4.78 is 0. The van der Waals surface area contributed by atoms with Crippen LogP contribution < -0.4 is 0 Å². The summed E-state index contributed by atoms with van der Waals surface area (Å²) in [5.74, 6) is 0. The van der Waals surface area contributed by atoms with E-state index >= 15 is 0 Å². The molecule has 0 radical (unpaired) electrons. The summed E-state index contributed by atoms with van der Waals surface area (Å²) in [6.45, 7) is 2.79. The molecular formula is C20H42O2. The van der Waals surface area contributed by atoms with Crippen LogP contribution in [-0.4, -0.2) is 11.9 Å². The molecule has 0 saturated carbocycles. The summed E-state index contributed by atoms with van der Waals surface area (Å²) >= 11 is 0. The third-order valence-electron chi connectivity index (χ3n) is 4.59. The normalized spacial score (nSPS) is 11.2. The Morgan fingerprint density at radius 1 is 0.455 bits per heavy atom. The van der Waals surface area contributed by atoms with E-state index in [9.17, 15) is 0 Å². The zero-order chi connectivity index (χ0) is 16.1. The summed E-state index contributed by atoms with van der Waals surface area (Å²) in [7, 11) is 0. The highest BCUT2D eigenvalue weighted by Crippen LogP contribution is 2.14. The van der Waals surface area contributed by atoms with Gasteiger partial charge < -0.3 is 0 Å². The zero-order valence-electron chi connectivity index (χ0n) is 15.3. The van der Waals surface area contributed by atoms with Gasteiger partial charge in [0.25, 0.3) is 0 Å². The Morgan fingerprint density at radius 3 is 1.00 bits per heavy atom. The lowest BCUT2D eigenvalue weighted by atomic mass is 10.0. The first kappa shape index (κ1) is 21.9. The van der Waals surface area contributed by atoms with Gasteiger partial charge in [0.1, 0.15) is 0 Å². The maximum absolute atomic E-state index is 8.20. The lowest BCUT2D eigenvalue weighted by Gasteiger charge is -2.03. The van der Waals surface area contributed by atoms with E-state index in [0.29, 0.717) is 6.61 Å². The Kier molecular flexibility index (Phi) is 20.8. The van der Waals surface area contributed by atoms with Crippen LogP contribution in [0.5, 0.6) is 0 Å². The fraction of sp³-hybridized carbons (Fsp3) is 1.00. The summed E-state index contributed by atoms with van der Waals surface area (Å²) in [5, 5.41) is 8.20. The molecule has 0 amide bonds. The van der Waals surface area contributed by atoms with E-state index in [1.165, 1.54) is 109 Å². The molecule has 0 aromatic carbocycles. The molecule has 0 saturated heterocycles.